The number of aliphatic hydroxyl groups excluding tert-OH is 1. The Labute approximate surface area is 362 Å². The molecule has 5 aliphatic heterocycles. The van der Waals surface area contributed by atoms with Gasteiger partial charge >= 0.3 is 35.7 Å². The number of hydrogen-bond acceptors (Lipinski definition) is 12. The molecule has 6 fully saturated rings. The Morgan fingerprint density at radius 3 is 2.32 bits per heavy atom. The minimum absolute atomic E-state index is 0. The Hall–Kier alpha value is -0.580. The molecule has 0 radical (unpaired) electrons. The number of rotatable bonds is 12. The number of aliphatic carboxylic acids is 1. The number of hydrogen-bond donors (Lipinski definition) is 3. The van der Waals surface area contributed by atoms with Gasteiger partial charge in [0.25, 0.3) is 0 Å². The second-order valence-electron chi connectivity index (χ2n) is 19.2. The normalized spacial score (nSPS) is 45.6. The molecule has 6 rings (SSSR count). The molecule has 5 heterocycles. The van der Waals surface area contributed by atoms with Crippen LogP contribution in [0.5, 0.6) is 0 Å². The third-order valence-electron chi connectivity index (χ3n) is 15.1. The van der Waals surface area contributed by atoms with Crippen LogP contribution in [0.1, 0.15) is 139 Å². The topological polar surface area (TPSA) is 174 Å². The molecule has 1 unspecified atom stereocenters. The molecular formula is C43H72NNaO12. The number of carboxylic acids is 1. The maximum atomic E-state index is 12.7. The van der Waals surface area contributed by atoms with Crippen molar-refractivity contribution < 1.29 is 87.6 Å². The molecular weight excluding hydrogens is 745 g/mol. The number of methoxy groups -OCH3 is 1. The second-order valence-corrected chi connectivity index (χ2v) is 19.2. The minimum Gasteiger partial charge on any atom is -0.550 e. The molecule has 322 valence electrons. The first kappa shape index (κ1) is 47.5. The van der Waals surface area contributed by atoms with Crippen LogP contribution in [-0.2, 0) is 38.0 Å². The first-order chi connectivity index (χ1) is 26.4. The average Bonchev–Trinajstić information content (AvgIpc) is 3.87. The molecule has 1 spiro atoms. The fourth-order valence-corrected chi connectivity index (χ4v) is 11.5. The first-order valence-electron chi connectivity index (χ1n) is 21.8. The van der Waals surface area contributed by atoms with Crippen LogP contribution in [0.25, 0.3) is 0 Å². The summed E-state index contributed by atoms with van der Waals surface area (Å²) in [6, 6.07) is 0.114. The molecule has 1 saturated carbocycles. The van der Waals surface area contributed by atoms with Crippen molar-refractivity contribution in [1.82, 2.24) is 5.32 Å². The molecule has 0 aromatic heterocycles. The van der Waals surface area contributed by atoms with Crippen LogP contribution in [0, 0.1) is 35.5 Å². The number of amides is 1. The number of carbonyl (C=O) groups is 2. The first-order valence-corrected chi connectivity index (χ1v) is 21.8. The SMILES string of the molecule is CC[C@@]1([C@@H]2O[C@@H]([C@H]3O[C@@](O)(COC(=O)NC4CCCCC4)[C@H](C)C[C@@H]3C)C[C@@H]2C)CC[C@H]([C@]2(C)CC[C@]3(C[C@H](O)[C@@H](C)[C@@H]([C@@H](C)[C@@H](OC)C(C)C(=O)[O-])O3)O2)O1.[Na+]. The Morgan fingerprint density at radius 2 is 1.67 bits per heavy atom. The van der Waals surface area contributed by atoms with Gasteiger partial charge in [-0.1, -0.05) is 67.7 Å². The summed E-state index contributed by atoms with van der Waals surface area (Å²) in [6.07, 6.45) is 7.20. The number of alkyl carbamates (subject to hydrolysis) is 1. The molecule has 6 aliphatic rings. The molecule has 17 atom stereocenters. The number of ether oxygens (including phenoxy) is 7. The number of nitrogens with one attached hydrogen (secondary N) is 1. The predicted octanol–water partition coefficient (Wildman–Crippen LogP) is 2.01. The van der Waals surface area contributed by atoms with Crippen molar-refractivity contribution in [2.24, 2.45) is 35.5 Å². The summed E-state index contributed by atoms with van der Waals surface area (Å²) >= 11 is 0. The van der Waals surface area contributed by atoms with Crippen LogP contribution in [0.4, 0.5) is 4.79 Å². The van der Waals surface area contributed by atoms with Gasteiger partial charge in [-0.2, -0.15) is 0 Å². The smallest absolute Gasteiger partial charge is 0.550 e. The fraction of sp³-hybridized carbons (Fsp3) is 0.953. The number of carbonyl (C=O) groups excluding carboxylic acids is 2. The van der Waals surface area contributed by atoms with Crippen molar-refractivity contribution in [1.29, 1.82) is 0 Å². The van der Waals surface area contributed by atoms with Crippen LogP contribution in [0.3, 0.4) is 0 Å². The molecule has 1 amide bonds. The Bertz CT molecular complexity index is 1370. The third-order valence-corrected chi connectivity index (χ3v) is 15.1. The van der Waals surface area contributed by atoms with Crippen molar-refractivity contribution in [2.45, 2.75) is 210 Å². The standard InChI is InChI=1S/C43H73NO12.Na/c1-10-41(37-25(3)21-32(52-37)34-24(2)20-26(4)43(49,55-34)23-51-39(48)44-30-14-12-11-13-15-30)17-16-33(53-41)40(8)18-19-42(56-40)22-31(45)27(5)36(54-42)28(6)35(50-9)29(7)38(46)47;/h24-37,45,49H,10-23H2,1-9H3,(H,44,48)(H,46,47);/q;+1/p-1/t24-,25-,26+,27+,28-,29?,31-,32+,33+,34-,35+,36-,37+,40-,41-,42+,43-;/m0./s1. The summed E-state index contributed by atoms with van der Waals surface area (Å²) in [5.74, 6) is -5.23. The zero-order valence-corrected chi connectivity index (χ0v) is 38.5. The van der Waals surface area contributed by atoms with Crippen molar-refractivity contribution in [2.75, 3.05) is 13.7 Å². The molecule has 14 heteroatoms. The van der Waals surface area contributed by atoms with Crippen molar-refractivity contribution in [3.05, 3.63) is 0 Å². The third kappa shape index (κ3) is 9.74. The minimum atomic E-state index is -1.62. The van der Waals surface area contributed by atoms with E-state index in [-0.39, 0.29) is 96.2 Å². The van der Waals surface area contributed by atoms with E-state index in [0.29, 0.717) is 25.7 Å². The zero-order valence-electron chi connectivity index (χ0n) is 36.5. The maximum Gasteiger partial charge on any atom is 1.00 e. The molecule has 0 aromatic carbocycles. The predicted molar refractivity (Wildman–Crippen MR) is 204 cm³/mol. The van der Waals surface area contributed by atoms with E-state index in [1.807, 2.05) is 20.8 Å². The number of carboxylic acid groups (broad SMARTS) is 1. The summed E-state index contributed by atoms with van der Waals surface area (Å²) in [7, 11) is 1.50. The van der Waals surface area contributed by atoms with Crippen LogP contribution in [0.15, 0.2) is 0 Å². The largest absolute Gasteiger partial charge is 1.00 e. The quantitative estimate of drug-likeness (QED) is 0.245. The summed E-state index contributed by atoms with van der Waals surface area (Å²) < 4.78 is 45.6. The Morgan fingerprint density at radius 1 is 0.965 bits per heavy atom. The van der Waals surface area contributed by atoms with E-state index in [4.69, 9.17) is 33.2 Å². The molecule has 57 heavy (non-hydrogen) atoms. The van der Waals surface area contributed by atoms with Gasteiger partial charge in [0.1, 0.15) is 6.61 Å². The molecule has 0 aromatic rings. The van der Waals surface area contributed by atoms with Gasteiger partial charge in [0.2, 0.25) is 5.79 Å². The Kier molecular flexibility index (Phi) is 15.7. The van der Waals surface area contributed by atoms with Crippen LogP contribution < -0.4 is 40.0 Å². The summed E-state index contributed by atoms with van der Waals surface area (Å²) in [5.41, 5.74) is -1.23. The second kappa shape index (κ2) is 18.8. The van der Waals surface area contributed by atoms with Crippen LogP contribution in [-0.4, -0.2) is 108 Å². The van der Waals surface area contributed by atoms with E-state index in [0.717, 1.165) is 51.4 Å². The van der Waals surface area contributed by atoms with Crippen molar-refractivity contribution in [3.63, 3.8) is 0 Å². The van der Waals surface area contributed by atoms with E-state index in [1.165, 1.54) is 13.5 Å². The van der Waals surface area contributed by atoms with Crippen molar-refractivity contribution >= 4 is 12.1 Å². The Balaban J connectivity index is 0.00000620. The fourth-order valence-electron chi connectivity index (χ4n) is 11.5. The van der Waals surface area contributed by atoms with E-state index < -0.39 is 59.1 Å². The van der Waals surface area contributed by atoms with Gasteiger partial charge in [0, 0.05) is 55.6 Å². The maximum absolute atomic E-state index is 12.7. The molecule has 3 N–H and O–H groups in total. The molecule has 0 bridgehead atoms. The van der Waals surface area contributed by atoms with E-state index >= 15 is 0 Å². The van der Waals surface area contributed by atoms with Gasteiger partial charge in [0.05, 0.1) is 53.9 Å². The summed E-state index contributed by atoms with van der Waals surface area (Å²) in [6.45, 7) is 15.7. The molecule has 1 aliphatic carbocycles. The summed E-state index contributed by atoms with van der Waals surface area (Å²) in [4.78, 5) is 24.5. The van der Waals surface area contributed by atoms with E-state index in [9.17, 15) is 24.9 Å². The van der Waals surface area contributed by atoms with E-state index in [1.54, 1.807) is 6.92 Å². The van der Waals surface area contributed by atoms with Gasteiger partial charge < -0.3 is 58.6 Å². The monoisotopic (exact) mass is 817 g/mol. The van der Waals surface area contributed by atoms with Gasteiger partial charge in [-0.3, -0.25) is 0 Å². The average molecular weight is 818 g/mol. The van der Waals surface area contributed by atoms with E-state index in [2.05, 4.69) is 33.0 Å². The summed E-state index contributed by atoms with van der Waals surface area (Å²) in [5, 5.41) is 37.9. The van der Waals surface area contributed by atoms with Crippen LogP contribution in [0.2, 0.25) is 0 Å². The van der Waals surface area contributed by atoms with Gasteiger partial charge in [-0.25, -0.2) is 4.79 Å². The van der Waals surface area contributed by atoms with Crippen LogP contribution >= 0.6 is 0 Å². The number of aliphatic hydroxyl groups is 2. The molecule has 5 saturated heterocycles. The molecule has 13 nitrogen and oxygen atoms in total. The van der Waals surface area contributed by atoms with Gasteiger partial charge in [-0.05, 0) is 70.1 Å². The van der Waals surface area contributed by atoms with Gasteiger partial charge in [0.15, 0.2) is 5.79 Å². The zero-order chi connectivity index (χ0) is 40.8. The van der Waals surface area contributed by atoms with Crippen molar-refractivity contribution in [3.8, 4) is 0 Å². The van der Waals surface area contributed by atoms with Gasteiger partial charge in [-0.15, -0.1) is 0 Å².